The summed E-state index contributed by atoms with van der Waals surface area (Å²) >= 11 is 0. The van der Waals surface area contributed by atoms with Gasteiger partial charge in [-0.3, -0.25) is 4.79 Å². The molecule has 0 aromatic heterocycles. The van der Waals surface area contributed by atoms with Crippen LogP contribution in [0.25, 0.3) is 0 Å². The fourth-order valence-electron chi connectivity index (χ4n) is 1.17. The number of nitrogens with one attached hydrogen (secondary N) is 1. The highest BCUT2D eigenvalue weighted by Crippen LogP contribution is 2.16. The number of sulfonamides is 1. The molecule has 0 bridgehead atoms. The van der Waals surface area contributed by atoms with Crippen molar-refractivity contribution in [2.45, 2.75) is 25.7 Å². The number of carbonyl (C=O) groups excluding carboxylic acids is 1. The van der Waals surface area contributed by atoms with E-state index >= 15 is 0 Å². The van der Waals surface area contributed by atoms with Crippen LogP contribution in [0.2, 0.25) is 0 Å². The summed E-state index contributed by atoms with van der Waals surface area (Å²) < 4.78 is 39.0. The van der Waals surface area contributed by atoms with Gasteiger partial charge in [0.25, 0.3) is 0 Å². The minimum Gasteiger partial charge on any atom is -0.298 e. The third-order valence-electron chi connectivity index (χ3n) is 2.39. The van der Waals surface area contributed by atoms with E-state index in [1.165, 1.54) is 12.1 Å². The highest BCUT2D eigenvalue weighted by molar-refractivity contribution is 7.89. The van der Waals surface area contributed by atoms with Gasteiger partial charge in [-0.2, -0.15) is 0 Å². The second-order valence-corrected chi connectivity index (χ2v) is 6.66. The molecular weight excluding hydrogens is 257 g/mol. The smallest absolute Gasteiger partial charge is 0.243 e. The lowest BCUT2D eigenvalue weighted by atomic mass is 9.91. The Hall–Kier alpha value is -1.27. The first-order valence-corrected chi connectivity index (χ1v) is 6.90. The van der Waals surface area contributed by atoms with Crippen LogP contribution in [0.4, 0.5) is 4.39 Å². The molecule has 0 fully saturated rings. The van der Waals surface area contributed by atoms with Crippen molar-refractivity contribution in [3.8, 4) is 0 Å². The Morgan fingerprint density at radius 1 is 1.28 bits per heavy atom. The van der Waals surface area contributed by atoms with Crippen molar-refractivity contribution >= 4 is 15.8 Å². The molecule has 100 valence electrons. The molecule has 18 heavy (non-hydrogen) atoms. The van der Waals surface area contributed by atoms with Gasteiger partial charge in [-0.05, 0) is 12.1 Å². The summed E-state index contributed by atoms with van der Waals surface area (Å²) in [4.78, 5) is 11.2. The number of hydrogen-bond acceptors (Lipinski definition) is 3. The molecular formula is C12H16FNO3S. The molecule has 0 atom stereocenters. The molecule has 1 N–H and O–H groups in total. The quantitative estimate of drug-likeness (QED) is 0.908. The van der Waals surface area contributed by atoms with Crippen LogP contribution in [-0.2, 0) is 14.8 Å². The van der Waals surface area contributed by atoms with Crippen LogP contribution in [0.3, 0.4) is 0 Å². The van der Waals surface area contributed by atoms with Crippen LogP contribution >= 0.6 is 0 Å². The van der Waals surface area contributed by atoms with Crippen LogP contribution in [0, 0.1) is 11.2 Å². The lowest BCUT2D eigenvalue weighted by Gasteiger charge is -2.16. The molecule has 6 heteroatoms. The largest absolute Gasteiger partial charge is 0.298 e. The van der Waals surface area contributed by atoms with E-state index in [-0.39, 0.29) is 12.3 Å². The molecule has 0 saturated carbocycles. The van der Waals surface area contributed by atoms with E-state index in [9.17, 15) is 17.6 Å². The molecule has 0 heterocycles. The highest BCUT2D eigenvalue weighted by atomic mass is 32.2. The number of rotatable bonds is 4. The second-order valence-electron chi connectivity index (χ2n) is 4.93. The van der Waals surface area contributed by atoms with Crippen molar-refractivity contribution in [2.75, 3.05) is 6.54 Å². The molecule has 1 aromatic rings. The molecule has 0 aliphatic rings. The van der Waals surface area contributed by atoms with Gasteiger partial charge < -0.3 is 0 Å². The summed E-state index contributed by atoms with van der Waals surface area (Å²) in [5, 5.41) is 0. The van der Waals surface area contributed by atoms with E-state index in [2.05, 4.69) is 4.72 Å². The Morgan fingerprint density at radius 2 is 1.83 bits per heavy atom. The SMILES string of the molecule is CC(C)(C)C(=O)CNS(=O)(=O)c1ccccc1F. The van der Waals surface area contributed by atoms with E-state index in [1.54, 1.807) is 20.8 Å². The van der Waals surface area contributed by atoms with Crippen LogP contribution in [-0.4, -0.2) is 20.7 Å². The van der Waals surface area contributed by atoms with Gasteiger partial charge in [-0.1, -0.05) is 32.9 Å². The molecule has 0 saturated heterocycles. The van der Waals surface area contributed by atoms with Crippen molar-refractivity contribution in [3.63, 3.8) is 0 Å². The van der Waals surface area contributed by atoms with Gasteiger partial charge >= 0.3 is 0 Å². The summed E-state index contributed by atoms with van der Waals surface area (Å²) in [6.07, 6.45) is 0. The zero-order valence-electron chi connectivity index (χ0n) is 10.5. The maximum atomic E-state index is 13.3. The Labute approximate surface area is 106 Å². The van der Waals surface area contributed by atoms with Crippen molar-refractivity contribution < 1.29 is 17.6 Å². The van der Waals surface area contributed by atoms with Crippen molar-refractivity contribution in [1.82, 2.24) is 4.72 Å². The number of hydrogen-bond donors (Lipinski definition) is 1. The van der Waals surface area contributed by atoms with Crippen LogP contribution in [0.5, 0.6) is 0 Å². The highest BCUT2D eigenvalue weighted by Gasteiger charge is 2.24. The van der Waals surface area contributed by atoms with Gasteiger partial charge in [-0.25, -0.2) is 17.5 Å². The number of halogens is 1. The summed E-state index contributed by atoms with van der Waals surface area (Å²) in [5.41, 5.74) is -0.641. The fraction of sp³-hybridized carbons (Fsp3) is 0.417. The molecule has 0 radical (unpaired) electrons. The third-order valence-corrected chi connectivity index (χ3v) is 3.82. The zero-order valence-corrected chi connectivity index (χ0v) is 11.3. The lowest BCUT2D eigenvalue weighted by molar-refractivity contribution is -0.125. The number of Topliss-reactive ketones (excluding diaryl/α,β-unsaturated/α-hetero) is 1. The monoisotopic (exact) mass is 273 g/mol. The molecule has 0 spiro atoms. The Balaban J connectivity index is 2.85. The minimum absolute atomic E-state index is 0.262. The summed E-state index contributed by atoms with van der Waals surface area (Å²) in [6, 6.07) is 5.03. The van der Waals surface area contributed by atoms with Gasteiger partial charge in [0.05, 0.1) is 6.54 Å². The zero-order chi connectivity index (χ0) is 14.0. The standard InChI is InChI=1S/C12H16FNO3S/c1-12(2,3)11(15)8-14-18(16,17)10-7-5-4-6-9(10)13/h4-7,14H,8H2,1-3H3. The molecule has 1 rings (SSSR count). The number of carbonyl (C=O) groups is 1. The van der Waals surface area contributed by atoms with Gasteiger partial charge in [0.15, 0.2) is 5.78 Å². The summed E-state index contributed by atoms with van der Waals surface area (Å²) in [5.74, 6) is -1.10. The Morgan fingerprint density at radius 3 is 2.33 bits per heavy atom. The van der Waals surface area contributed by atoms with E-state index in [0.717, 1.165) is 12.1 Å². The van der Waals surface area contributed by atoms with Crippen LogP contribution < -0.4 is 4.72 Å². The topological polar surface area (TPSA) is 63.2 Å². The first-order valence-electron chi connectivity index (χ1n) is 5.42. The molecule has 0 unspecified atom stereocenters. The van der Waals surface area contributed by atoms with E-state index < -0.39 is 26.2 Å². The molecule has 1 aromatic carbocycles. The Bertz CT molecular complexity index is 547. The molecule has 0 amide bonds. The van der Waals surface area contributed by atoms with Crippen LogP contribution in [0.15, 0.2) is 29.2 Å². The first-order chi connectivity index (χ1) is 8.14. The lowest BCUT2D eigenvalue weighted by Crippen LogP contribution is -2.35. The summed E-state index contributed by atoms with van der Waals surface area (Å²) in [6.45, 7) is 4.71. The third kappa shape index (κ3) is 3.61. The van der Waals surface area contributed by atoms with Gasteiger partial charge in [0.2, 0.25) is 10.0 Å². The molecule has 0 aliphatic heterocycles. The average Bonchev–Trinajstić information content (AvgIpc) is 2.25. The predicted octanol–water partition coefficient (Wildman–Crippen LogP) is 1.72. The molecule has 0 aliphatic carbocycles. The van der Waals surface area contributed by atoms with Crippen molar-refractivity contribution in [3.05, 3.63) is 30.1 Å². The van der Waals surface area contributed by atoms with Gasteiger partial charge in [-0.15, -0.1) is 0 Å². The number of benzene rings is 1. The van der Waals surface area contributed by atoms with Gasteiger partial charge in [0, 0.05) is 5.41 Å². The normalized spacial score (nSPS) is 12.4. The van der Waals surface area contributed by atoms with Crippen molar-refractivity contribution in [2.24, 2.45) is 5.41 Å². The van der Waals surface area contributed by atoms with Crippen molar-refractivity contribution in [1.29, 1.82) is 0 Å². The summed E-state index contributed by atoms with van der Waals surface area (Å²) in [7, 11) is -3.99. The predicted molar refractivity (Wildman–Crippen MR) is 66.1 cm³/mol. The maximum absolute atomic E-state index is 13.3. The van der Waals surface area contributed by atoms with E-state index in [4.69, 9.17) is 0 Å². The van der Waals surface area contributed by atoms with E-state index in [0.29, 0.717) is 0 Å². The van der Waals surface area contributed by atoms with Crippen LogP contribution in [0.1, 0.15) is 20.8 Å². The maximum Gasteiger partial charge on any atom is 0.243 e. The fourth-order valence-corrected chi connectivity index (χ4v) is 2.23. The Kier molecular flexibility index (Phi) is 4.24. The number of ketones is 1. The average molecular weight is 273 g/mol. The minimum atomic E-state index is -3.99. The van der Waals surface area contributed by atoms with E-state index in [1.807, 2.05) is 0 Å². The first kappa shape index (κ1) is 14.8. The van der Waals surface area contributed by atoms with Gasteiger partial charge in [0.1, 0.15) is 10.7 Å². The second kappa shape index (κ2) is 5.16. The molecule has 4 nitrogen and oxygen atoms in total.